The van der Waals surface area contributed by atoms with Crippen molar-refractivity contribution in [1.82, 2.24) is 0 Å². The van der Waals surface area contributed by atoms with Gasteiger partial charge in [-0.05, 0) is 5.54 Å². The highest BCUT2D eigenvalue weighted by molar-refractivity contribution is 6.83. The zero-order valence-electron chi connectivity index (χ0n) is 9.31. The van der Waals surface area contributed by atoms with Gasteiger partial charge >= 0.3 is 0 Å². The van der Waals surface area contributed by atoms with Crippen molar-refractivity contribution in [2.75, 3.05) is 0 Å². The van der Waals surface area contributed by atoms with Gasteiger partial charge in [0.25, 0.3) is 0 Å². The summed E-state index contributed by atoms with van der Waals surface area (Å²) in [6, 6.07) is 0. The van der Waals surface area contributed by atoms with E-state index in [0.29, 0.717) is 0 Å². The first-order valence-electron chi connectivity index (χ1n) is 5.80. The van der Waals surface area contributed by atoms with Crippen molar-refractivity contribution in [3.8, 4) is 0 Å². The van der Waals surface area contributed by atoms with Crippen molar-refractivity contribution in [1.29, 1.82) is 0 Å². The minimum absolute atomic E-state index is 1.02. The Morgan fingerprint density at radius 2 is 1.46 bits per heavy atom. The first kappa shape index (κ1) is 11.0. The molecule has 0 aromatic rings. The molecule has 0 N–H and O–H groups in total. The Balaban J connectivity index is 2.50. The van der Waals surface area contributed by atoms with Gasteiger partial charge in [0.05, 0.1) is 8.07 Å². The lowest BCUT2D eigenvalue weighted by Gasteiger charge is -2.31. The van der Waals surface area contributed by atoms with Crippen LogP contribution in [0, 0.1) is 0 Å². The van der Waals surface area contributed by atoms with Gasteiger partial charge in [0.1, 0.15) is 0 Å². The lowest BCUT2D eigenvalue weighted by Crippen LogP contribution is -2.30. The molecule has 0 radical (unpaired) electrons. The Morgan fingerprint density at radius 1 is 1.00 bits per heavy atom. The summed E-state index contributed by atoms with van der Waals surface area (Å²) >= 11 is 0. The zero-order chi connectivity index (χ0) is 9.73. The molecular weight excluding hydrogens is 172 g/mol. The van der Waals surface area contributed by atoms with Crippen LogP contribution in [0.15, 0.2) is 12.3 Å². The smallest absolute Gasteiger partial charge is 0.0740 e. The average molecular weight is 196 g/mol. The van der Waals surface area contributed by atoms with Crippen molar-refractivity contribution in [3.05, 3.63) is 12.3 Å². The highest BCUT2D eigenvalue weighted by Crippen LogP contribution is 2.35. The van der Waals surface area contributed by atoms with Crippen molar-refractivity contribution in [2.24, 2.45) is 0 Å². The number of hydrogen-bond donors (Lipinski definition) is 0. The molecule has 1 rings (SSSR count). The molecule has 0 spiro atoms. The van der Waals surface area contributed by atoms with Crippen molar-refractivity contribution in [3.63, 3.8) is 0 Å². The van der Waals surface area contributed by atoms with Gasteiger partial charge in [-0.3, -0.25) is 0 Å². The molecule has 0 unspecified atom stereocenters. The van der Waals surface area contributed by atoms with E-state index < -0.39 is 8.07 Å². The van der Waals surface area contributed by atoms with Gasteiger partial charge in [0.2, 0.25) is 0 Å². The highest BCUT2D eigenvalue weighted by atomic mass is 28.3. The van der Waals surface area contributed by atoms with E-state index in [9.17, 15) is 0 Å². The van der Waals surface area contributed by atoms with Crippen molar-refractivity contribution in [2.45, 2.75) is 63.6 Å². The molecule has 0 aromatic heterocycles. The molecule has 13 heavy (non-hydrogen) atoms. The van der Waals surface area contributed by atoms with Gasteiger partial charge in [0, 0.05) is 0 Å². The zero-order valence-corrected chi connectivity index (χ0v) is 10.3. The fourth-order valence-corrected chi connectivity index (χ4v) is 4.60. The fourth-order valence-electron chi connectivity index (χ4n) is 2.37. The van der Waals surface area contributed by atoms with E-state index in [0.717, 1.165) is 5.54 Å². The lowest BCUT2D eigenvalue weighted by molar-refractivity contribution is 0.496. The number of hydrogen-bond acceptors (Lipinski definition) is 0. The Hall–Kier alpha value is -0.0431. The standard InChI is InChI=1S/C12H24Si/c1-4-13(2,3)12-10-8-6-5-7-9-11-12/h4,12H,1,5-11H2,2-3H3. The monoisotopic (exact) mass is 196 g/mol. The van der Waals surface area contributed by atoms with E-state index in [1.54, 1.807) is 0 Å². The summed E-state index contributed by atoms with van der Waals surface area (Å²) in [5.74, 6) is 0. The highest BCUT2D eigenvalue weighted by Gasteiger charge is 2.28. The summed E-state index contributed by atoms with van der Waals surface area (Å²) in [4.78, 5) is 0. The van der Waals surface area contributed by atoms with Gasteiger partial charge in [-0.1, -0.05) is 58.0 Å². The topological polar surface area (TPSA) is 0 Å². The third kappa shape index (κ3) is 3.30. The summed E-state index contributed by atoms with van der Waals surface area (Å²) < 4.78 is 0. The third-order valence-corrected chi connectivity index (χ3v) is 7.42. The van der Waals surface area contributed by atoms with Crippen molar-refractivity contribution < 1.29 is 0 Å². The van der Waals surface area contributed by atoms with Crippen LogP contribution in [0.4, 0.5) is 0 Å². The summed E-state index contributed by atoms with van der Waals surface area (Å²) in [6.07, 6.45) is 10.3. The van der Waals surface area contributed by atoms with Crippen LogP contribution in [0.5, 0.6) is 0 Å². The summed E-state index contributed by atoms with van der Waals surface area (Å²) in [7, 11) is -1.07. The summed E-state index contributed by atoms with van der Waals surface area (Å²) in [5.41, 5.74) is 3.31. The molecule has 0 bridgehead atoms. The van der Waals surface area contributed by atoms with Gasteiger partial charge in [-0.25, -0.2) is 0 Å². The Kier molecular flexibility index (Phi) is 4.24. The van der Waals surface area contributed by atoms with Crippen LogP contribution in [0.25, 0.3) is 0 Å². The molecule has 0 amide bonds. The molecule has 1 aliphatic carbocycles. The minimum atomic E-state index is -1.07. The second-order valence-corrected chi connectivity index (χ2v) is 9.94. The molecule has 76 valence electrons. The Bertz CT molecular complexity index is 153. The SMILES string of the molecule is C=C[Si](C)(C)C1CCCCCCC1. The Labute approximate surface area is 84.4 Å². The number of rotatable bonds is 2. The maximum Gasteiger partial charge on any atom is 0.0740 e. The predicted molar refractivity (Wildman–Crippen MR) is 63.7 cm³/mol. The van der Waals surface area contributed by atoms with Crippen LogP contribution in [0.2, 0.25) is 18.6 Å². The molecular formula is C12H24Si. The van der Waals surface area contributed by atoms with Gasteiger partial charge in [0.15, 0.2) is 0 Å². The van der Waals surface area contributed by atoms with E-state index in [1.165, 1.54) is 44.9 Å². The molecule has 1 fully saturated rings. The molecule has 0 atom stereocenters. The maximum atomic E-state index is 4.02. The van der Waals surface area contributed by atoms with Crippen LogP contribution in [0.1, 0.15) is 44.9 Å². The molecule has 1 saturated carbocycles. The molecule has 0 nitrogen and oxygen atoms in total. The van der Waals surface area contributed by atoms with Crippen molar-refractivity contribution >= 4 is 8.07 Å². The van der Waals surface area contributed by atoms with E-state index in [2.05, 4.69) is 25.4 Å². The fraction of sp³-hybridized carbons (Fsp3) is 0.833. The molecule has 0 aliphatic heterocycles. The van der Waals surface area contributed by atoms with Crippen LogP contribution >= 0.6 is 0 Å². The van der Waals surface area contributed by atoms with E-state index in [-0.39, 0.29) is 0 Å². The van der Waals surface area contributed by atoms with E-state index in [1.807, 2.05) is 0 Å². The normalized spacial score (nSPS) is 22.0. The molecule has 1 heteroatoms. The molecule has 0 heterocycles. The molecule has 0 saturated heterocycles. The quantitative estimate of drug-likeness (QED) is 0.569. The van der Waals surface area contributed by atoms with E-state index >= 15 is 0 Å². The second kappa shape index (κ2) is 4.99. The van der Waals surface area contributed by atoms with Gasteiger partial charge in [-0.15, -0.1) is 12.3 Å². The Morgan fingerprint density at radius 3 is 1.92 bits per heavy atom. The second-order valence-electron chi connectivity index (χ2n) is 5.07. The van der Waals surface area contributed by atoms with Gasteiger partial charge < -0.3 is 0 Å². The maximum absolute atomic E-state index is 4.02. The third-order valence-electron chi connectivity index (χ3n) is 3.68. The van der Waals surface area contributed by atoms with Gasteiger partial charge in [-0.2, -0.15) is 0 Å². The summed E-state index contributed by atoms with van der Waals surface area (Å²) in [5, 5.41) is 0. The van der Waals surface area contributed by atoms with Crippen LogP contribution in [-0.4, -0.2) is 8.07 Å². The van der Waals surface area contributed by atoms with Crippen LogP contribution in [-0.2, 0) is 0 Å². The largest absolute Gasteiger partial charge is 0.107 e. The molecule has 0 aromatic carbocycles. The summed E-state index contributed by atoms with van der Waals surface area (Å²) in [6.45, 7) is 8.98. The van der Waals surface area contributed by atoms with Crippen LogP contribution in [0.3, 0.4) is 0 Å². The van der Waals surface area contributed by atoms with E-state index in [4.69, 9.17) is 0 Å². The first-order chi connectivity index (χ1) is 6.17. The lowest BCUT2D eigenvalue weighted by atomic mass is 10.0. The predicted octanol–water partition coefficient (Wildman–Crippen LogP) is 4.53. The first-order valence-corrected chi connectivity index (χ1v) is 8.96. The van der Waals surface area contributed by atoms with Crippen LogP contribution < -0.4 is 0 Å². The minimum Gasteiger partial charge on any atom is -0.107 e. The average Bonchev–Trinajstić information content (AvgIpc) is 2.03. The molecule has 1 aliphatic rings.